The lowest BCUT2D eigenvalue weighted by Gasteiger charge is -2.29. The second-order valence-electron chi connectivity index (χ2n) is 4.80. The van der Waals surface area contributed by atoms with Crippen LogP contribution in [0.4, 0.5) is 0 Å². The van der Waals surface area contributed by atoms with Gasteiger partial charge in [0.25, 0.3) is 0 Å². The zero-order valence-electron chi connectivity index (χ0n) is 11.3. The highest BCUT2D eigenvalue weighted by Crippen LogP contribution is 2.17. The smallest absolute Gasteiger partial charge is 0.135 e. The zero-order valence-corrected chi connectivity index (χ0v) is 12.8. The molecule has 4 heteroatoms. The fourth-order valence-electron chi connectivity index (χ4n) is 2.22. The van der Waals surface area contributed by atoms with Crippen molar-refractivity contribution < 1.29 is 22.3 Å². The van der Waals surface area contributed by atoms with Gasteiger partial charge in [-0.3, -0.25) is 0 Å². The average Bonchev–Trinajstić information content (AvgIpc) is 2.41. The Morgan fingerprint density at radius 3 is 1.55 bits per heavy atom. The van der Waals surface area contributed by atoms with Crippen molar-refractivity contribution in [3.05, 3.63) is 71.8 Å². The van der Waals surface area contributed by atoms with Crippen molar-refractivity contribution in [1.29, 1.82) is 0 Å². The monoisotopic (exact) mass is 311 g/mol. The number of alkyl halides is 1. The fourth-order valence-corrected chi connectivity index (χ4v) is 2.53. The van der Waals surface area contributed by atoms with Crippen LogP contribution < -0.4 is 12.4 Å². The van der Waals surface area contributed by atoms with E-state index < -0.39 is 0 Å². The van der Waals surface area contributed by atoms with Crippen molar-refractivity contribution in [2.45, 2.75) is 13.1 Å². The summed E-state index contributed by atoms with van der Waals surface area (Å²) in [7, 11) is 0. The van der Waals surface area contributed by atoms with Gasteiger partial charge in [-0.2, -0.15) is 4.65 Å². The molecule has 0 heterocycles. The van der Waals surface area contributed by atoms with E-state index in [2.05, 4.69) is 0 Å². The number of hydroxylamine groups is 3. The lowest BCUT2D eigenvalue weighted by atomic mass is 10.1. The lowest BCUT2D eigenvalue weighted by Crippen LogP contribution is -3.00. The Hall–Kier alpha value is -1.06. The molecule has 0 aliphatic heterocycles. The summed E-state index contributed by atoms with van der Waals surface area (Å²) in [5, 5.41) is 10.8. The van der Waals surface area contributed by atoms with Crippen LogP contribution in [-0.4, -0.2) is 22.3 Å². The number of benzene rings is 2. The van der Waals surface area contributed by atoms with Crippen LogP contribution in [0, 0.1) is 0 Å². The molecule has 0 atom stereocenters. The molecule has 2 nitrogen and oxygen atoms in total. The van der Waals surface area contributed by atoms with Gasteiger partial charge >= 0.3 is 0 Å². The second-order valence-corrected chi connectivity index (χ2v) is 5.17. The van der Waals surface area contributed by atoms with E-state index >= 15 is 0 Å². The summed E-state index contributed by atoms with van der Waals surface area (Å²) in [6.07, 6.45) is 0. The van der Waals surface area contributed by atoms with E-state index in [1.807, 2.05) is 60.7 Å². The summed E-state index contributed by atoms with van der Waals surface area (Å²) < 4.78 is -0.0580. The van der Waals surface area contributed by atoms with Gasteiger partial charge < -0.3 is 12.4 Å². The molecule has 0 radical (unpaired) electrons. The van der Waals surface area contributed by atoms with Gasteiger partial charge in [-0.15, -0.1) is 11.6 Å². The highest BCUT2D eigenvalue weighted by Gasteiger charge is 2.25. The highest BCUT2D eigenvalue weighted by atomic mass is 35.5. The first-order valence-corrected chi connectivity index (χ1v) is 6.98. The van der Waals surface area contributed by atoms with Crippen LogP contribution in [0.15, 0.2) is 60.7 Å². The van der Waals surface area contributed by atoms with Crippen molar-refractivity contribution in [3.63, 3.8) is 0 Å². The van der Waals surface area contributed by atoms with E-state index in [0.29, 0.717) is 25.5 Å². The number of rotatable bonds is 6. The first-order valence-electron chi connectivity index (χ1n) is 6.44. The van der Waals surface area contributed by atoms with Crippen molar-refractivity contribution in [2.24, 2.45) is 0 Å². The summed E-state index contributed by atoms with van der Waals surface area (Å²) in [6.45, 7) is 1.68. The van der Waals surface area contributed by atoms with E-state index in [9.17, 15) is 5.21 Å². The maximum Gasteiger partial charge on any atom is 0.135 e. The quantitative estimate of drug-likeness (QED) is 0.476. The van der Waals surface area contributed by atoms with Gasteiger partial charge in [0, 0.05) is 11.1 Å². The molecule has 20 heavy (non-hydrogen) atoms. The van der Waals surface area contributed by atoms with Gasteiger partial charge in [0.15, 0.2) is 0 Å². The fraction of sp³-hybridized carbons (Fsp3) is 0.250. The summed E-state index contributed by atoms with van der Waals surface area (Å²) in [6, 6.07) is 20.0. The number of hydrogen-bond acceptors (Lipinski definition) is 1. The number of hydrogen-bond donors (Lipinski definition) is 1. The van der Waals surface area contributed by atoms with E-state index in [0.717, 1.165) is 11.1 Å². The molecule has 2 aromatic rings. The molecule has 1 N–H and O–H groups in total. The zero-order chi connectivity index (χ0) is 13.6. The standard InChI is InChI=1S/C16H19ClNO.ClH/c17-11-12-18(19,13-15-7-3-1-4-8-15)14-16-9-5-2-6-10-16;/h1-10,19H,11-14H2;1H/q+1;/p-1. The van der Waals surface area contributed by atoms with Crippen LogP contribution in [0.1, 0.15) is 11.1 Å². The largest absolute Gasteiger partial charge is 1.00 e. The molecule has 0 aliphatic rings. The molecule has 0 aromatic heterocycles. The van der Waals surface area contributed by atoms with E-state index in [-0.39, 0.29) is 17.1 Å². The molecule has 0 unspecified atom stereocenters. The lowest BCUT2D eigenvalue weighted by molar-refractivity contribution is -1.12. The van der Waals surface area contributed by atoms with Gasteiger partial charge in [0.1, 0.15) is 19.6 Å². The Balaban J connectivity index is 0.00000200. The van der Waals surface area contributed by atoms with Gasteiger partial charge in [-0.1, -0.05) is 60.7 Å². The molecule has 0 amide bonds. The Bertz CT molecular complexity index is 449. The van der Waals surface area contributed by atoms with Gasteiger partial charge in [-0.05, 0) is 0 Å². The molecule has 2 aromatic carbocycles. The third kappa shape index (κ3) is 5.14. The molecule has 0 fully saturated rings. The van der Waals surface area contributed by atoms with Crippen LogP contribution in [0.5, 0.6) is 0 Å². The third-order valence-corrected chi connectivity index (χ3v) is 3.31. The number of halogens is 2. The molecule has 108 valence electrons. The molecule has 2 rings (SSSR count). The van der Waals surface area contributed by atoms with Crippen LogP contribution in [0.3, 0.4) is 0 Å². The maximum atomic E-state index is 10.8. The second kappa shape index (κ2) is 8.28. The Kier molecular flexibility index (Phi) is 7.03. The minimum atomic E-state index is -0.0580. The molecule has 0 spiro atoms. The minimum Gasteiger partial charge on any atom is -1.00 e. The first kappa shape index (κ1) is 17.0. The van der Waals surface area contributed by atoms with Crippen LogP contribution in [0.25, 0.3) is 0 Å². The maximum absolute atomic E-state index is 10.8. The van der Waals surface area contributed by atoms with E-state index in [4.69, 9.17) is 11.6 Å². The number of quaternary nitrogens is 1. The SMILES string of the molecule is O[N+](CCCl)(Cc1ccccc1)Cc1ccccc1.[Cl-]. The Labute approximate surface area is 131 Å². The van der Waals surface area contributed by atoms with Crippen molar-refractivity contribution in [2.75, 3.05) is 12.4 Å². The van der Waals surface area contributed by atoms with Crippen molar-refractivity contribution >= 4 is 11.6 Å². The summed E-state index contributed by atoms with van der Waals surface area (Å²) in [4.78, 5) is 0. The molecular formula is C16H19Cl2NO. The van der Waals surface area contributed by atoms with Crippen LogP contribution in [-0.2, 0) is 13.1 Å². The van der Waals surface area contributed by atoms with Crippen molar-refractivity contribution in [1.82, 2.24) is 0 Å². The average molecular weight is 312 g/mol. The molecule has 0 saturated carbocycles. The summed E-state index contributed by atoms with van der Waals surface area (Å²) >= 11 is 5.84. The van der Waals surface area contributed by atoms with Gasteiger partial charge in [0.05, 0.1) is 5.88 Å². The Morgan fingerprint density at radius 1 is 0.800 bits per heavy atom. The molecule has 0 aliphatic carbocycles. The third-order valence-electron chi connectivity index (χ3n) is 3.14. The van der Waals surface area contributed by atoms with Crippen LogP contribution >= 0.6 is 11.6 Å². The molecular weight excluding hydrogens is 293 g/mol. The minimum absolute atomic E-state index is 0. The molecule has 0 saturated heterocycles. The van der Waals surface area contributed by atoms with Gasteiger partial charge in [-0.25, -0.2) is 5.21 Å². The van der Waals surface area contributed by atoms with E-state index in [1.165, 1.54) is 0 Å². The predicted octanol–water partition coefficient (Wildman–Crippen LogP) is 0.836. The Morgan fingerprint density at radius 2 is 1.20 bits per heavy atom. The summed E-state index contributed by atoms with van der Waals surface area (Å²) in [5.74, 6) is 0.441. The first-order chi connectivity index (χ1) is 9.22. The highest BCUT2D eigenvalue weighted by molar-refractivity contribution is 6.17. The van der Waals surface area contributed by atoms with Gasteiger partial charge in [0.2, 0.25) is 0 Å². The van der Waals surface area contributed by atoms with Crippen LogP contribution in [0.2, 0.25) is 0 Å². The normalized spacial score (nSPS) is 10.9. The van der Waals surface area contributed by atoms with Crippen molar-refractivity contribution in [3.8, 4) is 0 Å². The van der Waals surface area contributed by atoms with E-state index in [1.54, 1.807) is 0 Å². The summed E-state index contributed by atoms with van der Waals surface area (Å²) in [5.41, 5.74) is 2.23. The number of nitrogens with zero attached hydrogens (tertiary/aromatic N) is 1. The predicted molar refractivity (Wildman–Crippen MR) is 77.9 cm³/mol. The molecule has 0 bridgehead atoms. The topological polar surface area (TPSA) is 20.2 Å².